The zero-order valence-corrected chi connectivity index (χ0v) is 15.2. The van der Waals surface area contributed by atoms with E-state index in [0.29, 0.717) is 21.7 Å². The molecule has 26 heavy (non-hydrogen) atoms. The molecule has 3 rings (SSSR count). The molecule has 132 valence electrons. The molecule has 0 unspecified atom stereocenters. The molecule has 2 N–H and O–H groups in total. The molecule has 0 aliphatic heterocycles. The van der Waals surface area contributed by atoms with E-state index < -0.39 is 5.91 Å². The van der Waals surface area contributed by atoms with Gasteiger partial charge in [0.2, 0.25) is 5.95 Å². The van der Waals surface area contributed by atoms with Gasteiger partial charge in [-0.25, -0.2) is 9.97 Å². The highest BCUT2D eigenvalue weighted by atomic mass is 35.5. The van der Waals surface area contributed by atoms with Crippen molar-refractivity contribution in [2.75, 3.05) is 17.7 Å². The monoisotopic (exact) mass is 388 g/mol. The van der Waals surface area contributed by atoms with Crippen LogP contribution >= 0.6 is 23.2 Å². The molecular weight excluding hydrogens is 375 g/mol. The number of carbonyl (C=O) groups is 1. The van der Waals surface area contributed by atoms with Gasteiger partial charge in [0.05, 0.1) is 17.8 Å². The molecular formula is C18H14Cl2N4O2. The van der Waals surface area contributed by atoms with Crippen LogP contribution in [0.5, 0.6) is 5.75 Å². The quantitative estimate of drug-likeness (QED) is 0.656. The molecule has 0 bridgehead atoms. The van der Waals surface area contributed by atoms with E-state index >= 15 is 0 Å². The number of methoxy groups -OCH3 is 1. The molecule has 0 saturated carbocycles. The molecule has 0 spiro atoms. The number of carbonyl (C=O) groups excluding carboxylic acids is 1. The minimum Gasteiger partial charge on any atom is -0.497 e. The first-order valence-electron chi connectivity index (χ1n) is 7.55. The van der Waals surface area contributed by atoms with Crippen LogP contribution in [0.3, 0.4) is 0 Å². The van der Waals surface area contributed by atoms with Crippen LogP contribution in [0.15, 0.2) is 54.7 Å². The standard InChI is InChI=1S/C18H14Cl2N4O2/c1-26-13-5-3-12(4-6-13)22-18-21-9-8-15(24-18)17(25)23-16-10-11(19)2-7-14(16)20/h2-10H,1H3,(H,23,25)(H,21,22,24). The van der Waals surface area contributed by atoms with Crippen LogP contribution < -0.4 is 15.4 Å². The maximum Gasteiger partial charge on any atom is 0.274 e. The van der Waals surface area contributed by atoms with E-state index in [1.54, 1.807) is 37.4 Å². The number of hydrogen-bond acceptors (Lipinski definition) is 5. The molecule has 3 aromatic rings. The third-order valence-corrected chi connectivity index (χ3v) is 3.98. The van der Waals surface area contributed by atoms with Crippen LogP contribution in [0, 0.1) is 0 Å². The van der Waals surface area contributed by atoms with Gasteiger partial charge in [0.1, 0.15) is 11.4 Å². The van der Waals surface area contributed by atoms with E-state index in [1.807, 2.05) is 12.1 Å². The summed E-state index contributed by atoms with van der Waals surface area (Å²) >= 11 is 12.0. The molecule has 0 radical (unpaired) electrons. The number of rotatable bonds is 5. The first-order chi connectivity index (χ1) is 12.5. The van der Waals surface area contributed by atoms with Gasteiger partial charge in [0.15, 0.2) is 0 Å². The molecule has 1 aromatic heterocycles. The lowest BCUT2D eigenvalue weighted by Crippen LogP contribution is -2.15. The Kier molecular flexibility index (Phi) is 5.55. The highest BCUT2D eigenvalue weighted by molar-refractivity contribution is 6.35. The van der Waals surface area contributed by atoms with Gasteiger partial charge in [-0.05, 0) is 48.5 Å². The van der Waals surface area contributed by atoms with Crippen LogP contribution in [0.2, 0.25) is 10.0 Å². The highest BCUT2D eigenvalue weighted by Gasteiger charge is 2.12. The first-order valence-corrected chi connectivity index (χ1v) is 8.31. The van der Waals surface area contributed by atoms with Crippen molar-refractivity contribution in [2.45, 2.75) is 0 Å². The number of benzene rings is 2. The number of anilines is 3. The summed E-state index contributed by atoms with van der Waals surface area (Å²) in [6, 6.07) is 13.6. The molecule has 2 aromatic carbocycles. The van der Waals surface area contributed by atoms with Crippen LogP contribution in [-0.2, 0) is 0 Å². The summed E-state index contributed by atoms with van der Waals surface area (Å²) in [6.07, 6.45) is 1.49. The van der Waals surface area contributed by atoms with Crippen molar-refractivity contribution in [1.29, 1.82) is 0 Å². The maximum absolute atomic E-state index is 12.4. The Morgan fingerprint density at radius 2 is 1.85 bits per heavy atom. The van der Waals surface area contributed by atoms with Crippen molar-refractivity contribution in [3.8, 4) is 5.75 Å². The Hall–Kier alpha value is -2.83. The second kappa shape index (κ2) is 8.03. The van der Waals surface area contributed by atoms with Crippen LogP contribution in [0.4, 0.5) is 17.3 Å². The van der Waals surface area contributed by atoms with E-state index in [2.05, 4.69) is 20.6 Å². The van der Waals surface area contributed by atoms with Gasteiger partial charge in [0.25, 0.3) is 5.91 Å². The molecule has 0 aliphatic rings. The van der Waals surface area contributed by atoms with E-state index in [0.717, 1.165) is 11.4 Å². The Labute approximate surface area is 160 Å². The summed E-state index contributed by atoms with van der Waals surface area (Å²) in [4.78, 5) is 20.8. The summed E-state index contributed by atoms with van der Waals surface area (Å²) < 4.78 is 5.11. The number of amides is 1. The number of nitrogens with zero attached hydrogens (tertiary/aromatic N) is 2. The summed E-state index contributed by atoms with van der Waals surface area (Å²) in [5.74, 6) is 0.609. The lowest BCUT2D eigenvalue weighted by atomic mass is 10.3. The van der Waals surface area contributed by atoms with Crippen molar-refractivity contribution < 1.29 is 9.53 Å². The van der Waals surface area contributed by atoms with Gasteiger partial charge in [0, 0.05) is 16.9 Å². The smallest absolute Gasteiger partial charge is 0.274 e. The van der Waals surface area contributed by atoms with Crippen molar-refractivity contribution in [3.05, 3.63) is 70.5 Å². The Bertz CT molecular complexity index is 933. The zero-order valence-electron chi connectivity index (χ0n) is 13.7. The fraction of sp³-hybridized carbons (Fsp3) is 0.0556. The average molecular weight is 389 g/mol. The Morgan fingerprint density at radius 1 is 1.08 bits per heavy atom. The largest absolute Gasteiger partial charge is 0.497 e. The summed E-state index contributed by atoms with van der Waals surface area (Å²) in [7, 11) is 1.60. The fourth-order valence-corrected chi connectivity index (χ4v) is 2.47. The van der Waals surface area contributed by atoms with Crippen molar-refractivity contribution in [2.24, 2.45) is 0 Å². The number of halogens is 2. The number of aromatic nitrogens is 2. The lowest BCUT2D eigenvalue weighted by molar-refractivity contribution is 0.102. The molecule has 8 heteroatoms. The third-order valence-electron chi connectivity index (χ3n) is 3.41. The van der Waals surface area contributed by atoms with Crippen LogP contribution in [-0.4, -0.2) is 23.0 Å². The minimum absolute atomic E-state index is 0.187. The number of hydrogen-bond donors (Lipinski definition) is 2. The predicted octanol–water partition coefficient (Wildman–Crippen LogP) is 4.79. The summed E-state index contributed by atoms with van der Waals surface area (Å²) in [5.41, 5.74) is 1.36. The normalized spacial score (nSPS) is 10.3. The average Bonchev–Trinajstić information content (AvgIpc) is 2.65. The van der Waals surface area contributed by atoms with Gasteiger partial charge < -0.3 is 15.4 Å². The lowest BCUT2D eigenvalue weighted by Gasteiger charge is -2.09. The van der Waals surface area contributed by atoms with Crippen molar-refractivity contribution in [1.82, 2.24) is 9.97 Å². The van der Waals surface area contributed by atoms with Gasteiger partial charge >= 0.3 is 0 Å². The van der Waals surface area contributed by atoms with Crippen LogP contribution in [0.1, 0.15) is 10.5 Å². The molecule has 6 nitrogen and oxygen atoms in total. The van der Waals surface area contributed by atoms with E-state index in [4.69, 9.17) is 27.9 Å². The van der Waals surface area contributed by atoms with Gasteiger partial charge in [-0.3, -0.25) is 4.79 Å². The molecule has 0 atom stereocenters. The van der Waals surface area contributed by atoms with Crippen LogP contribution in [0.25, 0.3) is 0 Å². The Balaban J connectivity index is 1.75. The Morgan fingerprint density at radius 3 is 2.58 bits per heavy atom. The van der Waals surface area contributed by atoms with E-state index in [9.17, 15) is 4.79 Å². The fourth-order valence-electron chi connectivity index (χ4n) is 2.13. The van der Waals surface area contributed by atoms with E-state index in [1.165, 1.54) is 12.3 Å². The topological polar surface area (TPSA) is 76.1 Å². The minimum atomic E-state index is -0.422. The SMILES string of the molecule is COc1ccc(Nc2nccc(C(=O)Nc3cc(Cl)ccc3Cl)n2)cc1. The second-order valence-corrected chi connectivity index (χ2v) is 6.04. The van der Waals surface area contributed by atoms with Gasteiger partial charge in [-0.2, -0.15) is 0 Å². The van der Waals surface area contributed by atoms with Crippen molar-refractivity contribution in [3.63, 3.8) is 0 Å². The van der Waals surface area contributed by atoms with Gasteiger partial charge in [-0.15, -0.1) is 0 Å². The predicted molar refractivity (Wildman–Crippen MR) is 103 cm³/mol. The summed E-state index contributed by atoms with van der Waals surface area (Å²) in [5, 5.41) is 6.56. The first kappa shape index (κ1) is 18.0. The molecule has 1 heterocycles. The second-order valence-electron chi connectivity index (χ2n) is 5.20. The molecule has 0 saturated heterocycles. The highest BCUT2D eigenvalue weighted by Crippen LogP contribution is 2.26. The van der Waals surface area contributed by atoms with Crippen molar-refractivity contribution >= 4 is 46.4 Å². The van der Waals surface area contributed by atoms with Gasteiger partial charge in [-0.1, -0.05) is 23.2 Å². The molecule has 0 fully saturated rings. The number of ether oxygens (including phenoxy) is 1. The van der Waals surface area contributed by atoms with E-state index in [-0.39, 0.29) is 5.69 Å². The molecule has 1 amide bonds. The molecule has 0 aliphatic carbocycles. The zero-order chi connectivity index (χ0) is 18.5. The maximum atomic E-state index is 12.4. The number of nitrogens with one attached hydrogen (secondary N) is 2. The third kappa shape index (κ3) is 4.41. The summed E-state index contributed by atoms with van der Waals surface area (Å²) in [6.45, 7) is 0.